The van der Waals surface area contributed by atoms with Crippen LogP contribution >= 0.6 is 0 Å². The van der Waals surface area contributed by atoms with Crippen LogP contribution in [0.15, 0.2) is 33.8 Å². The lowest BCUT2D eigenvalue weighted by Gasteiger charge is -2.04. The molecule has 22 heavy (non-hydrogen) atoms. The van der Waals surface area contributed by atoms with Gasteiger partial charge in [-0.2, -0.15) is 10.4 Å². The van der Waals surface area contributed by atoms with Gasteiger partial charge < -0.3 is 4.42 Å². The molecule has 1 heterocycles. The molecule has 2 rings (SSSR count). The van der Waals surface area contributed by atoms with Gasteiger partial charge >= 0.3 is 0 Å². The zero-order valence-electron chi connectivity index (χ0n) is 13.3. The van der Waals surface area contributed by atoms with Gasteiger partial charge in [-0.05, 0) is 17.0 Å². The van der Waals surface area contributed by atoms with E-state index in [1.807, 2.05) is 32.0 Å². The summed E-state index contributed by atoms with van der Waals surface area (Å²) < 4.78 is 5.50. The summed E-state index contributed by atoms with van der Waals surface area (Å²) in [5.41, 5.74) is 5.22. The highest BCUT2D eigenvalue weighted by molar-refractivity contribution is 5.80. The van der Waals surface area contributed by atoms with E-state index in [9.17, 15) is 0 Å². The number of benzene rings is 1. The standard InChI is InChI=1S/C17H20N4O/c1-11(2)14-7-5-13(6-8-14)10-19-21-17-15(9-18)20-16(22-17)12(3)4/h5-8,10-12,21H,1-4H3. The number of anilines is 1. The summed E-state index contributed by atoms with van der Waals surface area (Å²) in [6, 6.07) is 10.2. The Bertz CT molecular complexity index is 690. The van der Waals surface area contributed by atoms with Gasteiger partial charge in [0.2, 0.25) is 11.6 Å². The minimum atomic E-state index is 0.121. The molecule has 0 spiro atoms. The molecular weight excluding hydrogens is 276 g/mol. The van der Waals surface area contributed by atoms with Gasteiger partial charge in [0.15, 0.2) is 0 Å². The predicted octanol–water partition coefficient (Wildman–Crippen LogP) is 4.24. The average Bonchev–Trinajstić information content (AvgIpc) is 2.91. The van der Waals surface area contributed by atoms with Crippen molar-refractivity contribution in [3.8, 4) is 6.07 Å². The van der Waals surface area contributed by atoms with E-state index >= 15 is 0 Å². The predicted molar refractivity (Wildman–Crippen MR) is 87.1 cm³/mol. The van der Waals surface area contributed by atoms with Crippen LogP contribution in [0.5, 0.6) is 0 Å². The molecule has 0 aliphatic carbocycles. The van der Waals surface area contributed by atoms with Gasteiger partial charge in [0.1, 0.15) is 6.07 Å². The van der Waals surface area contributed by atoms with Crippen LogP contribution in [0.25, 0.3) is 0 Å². The maximum atomic E-state index is 9.05. The second-order valence-electron chi connectivity index (χ2n) is 5.69. The van der Waals surface area contributed by atoms with E-state index in [1.165, 1.54) is 5.56 Å². The quantitative estimate of drug-likeness (QED) is 0.661. The molecule has 5 nitrogen and oxygen atoms in total. The Labute approximate surface area is 130 Å². The monoisotopic (exact) mass is 296 g/mol. The number of nitrogens with zero attached hydrogens (tertiary/aromatic N) is 3. The molecule has 5 heteroatoms. The van der Waals surface area contributed by atoms with Crippen LogP contribution < -0.4 is 5.43 Å². The van der Waals surface area contributed by atoms with Crippen molar-refractivity contribution in [3.63, 3.8) is 0 Å². The lowest BCUT2D eigenvalue weighted by molar-refractivity contribution is 0.481. The molecule has 0 radical (unpaired) electrons. The zero-order chi connectivity index (χ0) is 16.1. The first kappa shape index (κ1) is 15.8. The van der Waals surface area contributed by atoms with E-state index in [0.29, 0.717) is 11.8 Å². The van der Waals surface area contributed by atoms with Crippen LogP contribution in [0.2, 0.25) is 0 Å². The molecule has 1 N–H and O–H groups in total. The topological polar surface area (TPSA) is 74.2 Å². The van der Waals surface area contributed by atoms with Crippen molar-refractivity contribution in [1.82, 2.24) is 4.98 Å². The first-order chi connectivity index (χ1) is 10.5. The van der Waals surface area contributed by atoms with E-state index in [1.54, 1.807) is 6.21 Å². The fourth-order valence-electron chi connectivity index (χ4n) is 1.87. The lowest BCUT2D eigenvalue weighted by Crippen LogP contribution is -1.92. The van der Waals surface area contributed by atoms with E-state index in [0.717, 1.165) is 5.56 Å². The van der Waals surface area contributed by atoms with Gasteiger partial charge in [-0.25, -0.2) is 10.4 Å². The van der Waals surface area contributed by atoms with Crippen molar-refractivity contribution in [3.05, 3.63) is 47.0 Å². The first-order valence-corrected chi connectivity index (χ1v) is 7.31. The molecule has 1 aromatic carbocycles. The van der Waals surface area contributed by atoms with Crippen LogP contribution in [0, 0.1) is 11.3 Å². The minimum absolute atomic E-state index is 0.121. The Balaban J connectivity index is 2.07. The third-order valence-corrected chi connectivity index (χ3v) is 3.23. The van der Waals surface area contributed by atoms with Crippen molar-refractivity contribution in [2.24, 2.45) is 5.10 Å². The number of nitrogens with one attached hydrogen (secondary N) is 1. The fraction of sp³-hybridized carbons (Fsp3) is 0.353. The van der Waals surface area contributed by atoms with E-state index in [-0.39, 0.29) is 17.5 Å². The van der Waals surface area contributed by atoms with Crippen LogP contribution in [0.1, 0.15) is 62.2 Å². The van der Waals surface area contributed by atoms with Gasteiger partial charge in [-0.1, -0.05) is 52.0 Å². The number of hydrogen-bond acceptors (Lipinski definition) is 5. The summed E-state index contributed by atoms with van der Waals surface area (Å²) in [5, 5.41) is 13.2. The van der Waals surface area contributed by atoms with E-state index in [2.05, 4.69) is 41.5 Å². The van der Waals surface area contributed by atoms with E-state index in [4.69, 9.17) is 9.68 Å². The van der Waals surface area contributed by atoms with Gasteiger partial charge in [-0.15, -0.1) is 0 Å². The number of nitriles is 1. The summed E-state index contributed by atoms with van der Waals surface area (Å²) in [7, 11) is 0. The summed E-state index contributed by atoms with van der Waals surface area (Å²) in [6.07, 6.45) is 1.68. The smallest absolute Gasteiger partial charge is 0.252 e. The fourth-order valence-corrected chi connectivity index (χ4v) is 1.87. The molecule has 0 saturated carbocycles. The SMILES string of the molecule is CC(C)c1ccc(C=NNc2oc(C(C)C)nc2C#N)cc1. The molecule has 0 bridgehead atoms. The van der Waals surface area contributed by atoms with Crippen LogP contribution in [-0.4, -0.2) is 11.2 Å². The number of hydrazone groups is 1. The summed E-state index contributed by atoms with van der Waals surface area (Å²) in [5.74, 6) is 1.43. The molecule has 0 fully saturated rings. The largest absolute Gasteiger partial charge is 0.422 e. The second kappa shape index (κ2) is 6.90. The van der Waals surface area contributed by atoms with E-state index < -0.39 is 0 Å². The number of oxazole rings is 1. The Kier molecular flexibility index (Phi) is 4.95. The van der Waals surface area contributed by atoms with Gasteiger partial charge in [0.25, 0.3) is 5.88 Å². The first-order valence-electron chi connectivity index (χ1n) is 7.31. The molecule has 0 aliphatic heterocycles. The highest BCUT2D eigenvalue weighted by Crippen LogP contribution is 2.22. The van der Waals surface area contributed by atoms with Crippen molar-refractivity contribution in [2.75, 3.05) is 5.43 Å². The van der Waals surface area contributed by atoms with Crippen molar-refractivity contribution in [1.29, 1.82) is 5.26 Å². The van der Waals surface area contributed by atoms with Crippen LogP contribution in [-0.2, 0) is 0 Å². The maximum Gasteiger partial charge on any atom is 0.252 e. The van der Waals surface area contributed by atoms with Crippen molar-refractivity contribution >= 4 is 12.1 Å². The second-order valence-corrected chi connectivity index (χ2v) is 5.69. The van der Waals surface area contributed by atoms with Crippen molar-refractivity contribution in [2.45, 2.75) is 39.5 Å². The number of aromatic nitrogens is 1. The maximum absolute atomic E-state index is 9.05. The third kappa shape index (κ3) is 3.73. The lowest BCUT2D eigenvalue weighted by atomic mass is 10.0. The third-order valence-electron chi connectivity index (χ3n) is 3.23. The molecule has 1 aromatic heterocycles. The molecule has 0 saturated heterocycles. The Morgan fingerprint density at radius 1 is 1.18 bits per heavy atom. The highest BCUT2D eigenvalue weighted by Gasteiger charge is 2.14. The zero-order valence-corrected chi connectivity index (χ0v) is 13.3. The Morgan fingerprint density at radius 2 is 1.86 bits per heavy atom. The van der Waals surface area contributed by atoms with Crippen LogP contribution in [0.3, 0.4) is 0 Å². The molecule has 0 unspecified atom stereocenters. The molecule has 2 aromatic rings. The van der Waals surface area contributed by atoms with Gasteiger partial charge in [-0.3, -0.25) is 0 Å². The summed E-state index contributed by atoms with van der Waals surface area (Å²) in [6.45, 7) is 8.22. The average molecular weight is 296 g/mol. The number of hydrogen-bond donors (Lipinski definition) is 1. The van der Waals surface area contributed by atoms with Crippen LogP contribution in [0.4, 0.5) is 5.88 Å². The van der Waals surface area contributed by atoms with Crippen molar-refractivity contribution < 1.29 is 4.42 Å². The Morgan fingerprint density at radius 3 is 2.41 bits per heavy atom. The normalized spacial score (nSPS) is 11.3. The summed E-state index contributed by atoms with van der Waals surface area (Å²) >= 11 is 0. The molecule has 0 amide bonds. The van der Waals surface area contributed by atoms with Gasteiger partial charge in [0, 0.05) is 5.92 Å². The van der Waals surface area contributed by atoms with Gasteiger partial charge in [0.05, 0.1) is 6.21 Å². The molecule has 0 atom stereocenters. The highest BCUT2D eigenvalue weighted by atomic mass is 16.4. The Hall–Kier alpha value is -2.61. The number of rotatable bonds is 5. The molecule has 114 valence electrons. The molecular formula is C17H20N4O. The molecule has 0 aliphatic rings. The summed E-state index contributed by atoms with van der Waals surface area (Å²) in [4.78, 5) is 4.12. The minimum Gasteiger partial charge on any atom is -0.422 e.